The van der Waals surface area contributed by atoms with Gasteiger partial charge in [0, 0.05) is 5.02 Å². The molecule has 0 saturated carbocycles. The second kappa shape index (κ2) is 6.74. The summed E-state index contributed by atoms with van der Waals surface area (Å²) in [4.78, 5) is 26.8. The molecule has 2 N–H and O–H groups in total. The maximum absolute atomic E-state index is 13.0. The molecule has 0 aromatic heterocycles. The monoisotopic (exact) mass is 390 g/mol. The van der Waals surface area contributed by atoms with E-state index in [9.17, 15) is 22.8 Å². The highest BCUT2D eigenvalue weighted by atomic mass is 35.5. The number of amides is 3. The quantitative estimate of drug-likeness (QED) is 0.775. The fourth-order valence-electron chi connectivity index (χ4n) is 3.62. The van der Waals surface area contributed by atoms with Gasteiger partial charge >= 0.3 is 12.2 Å². The average molecular weight is 391 g/mol. The van der Waals surface area contributed by atoms with Crippen LogP contribution in [0, 0.1) is 5.92 Å². The summed E-state index contributed by atoms with van der Waals surface area (Å²) in [6.45, 7) is 1.89. The van der Waals surface area contributed by atoms with Crippen molar-refractivity contribution < 1.29 is 27.7 Å². The molecule has 1 aromatic carbocycles. The molecule has 1 aromatic rings. The van der Waals surface area contributed by atoms with E-state index in [0.717, 1.165) is 4.90 Å². The number of likely N-dealkylation sites (tertiary alicyclic amines) is 1. The van der Waals surface area contributed by atoms with E-state index in [4.69, 9.17) is 11.6 Å². The SMILES string of the molecule is C[C@]1(c2ccc(Cl)cc2)NC(=O)N(C[NH+]2CCC[C@H](C(F)(F)F)C2)C1=O. The normalized spacial score (nSPS) is 29.8. The van der Waals surface area contributed by atoms with Crippen LogP contribution in [0.1, 0.15) is 25.3 Å². The first-order chi connectivity index (χ1) is 12.1. The minimum absolute atomic E-state index is 0.0690. The molecule has 0 spiro atoms. The molecule has 0 aliphatic carbocycles. The summed E-state index contributed by atoms with van der Waals surface area (Å²) in [5.41, 5.74) is -0.676. The van der Waals surface area contributed by atoms with E-state index in [1.807, 2.05) is 0 Å². The van der Waals surface area contributed by atoms with E-state index < -0.39 is 29.6 Å². The van der Waals surface area contributed by atoms with Gasteiger partial charge in [0.1, 0.15) is 11.5 Å². The van der Waals surface area contributed by atoms with E-state index in [2.05, 4.69) is 5.32 Å². The lowest BCUT2D eigenvalue weighted by Gasteiger charge is -2.32. The fraction of sp³-hybridized carbons (Fsp3) is 0.529. The van der Waals surface area contributed by atoms with Crippen LogP contribution in [0.15, 0.2) is 24.3 Å². The molecule has 5 nitrogen and oxygen atoms in total. The zero-order valence-electron chi connectivity index (χ0n) is 14.2. The first kappa shape index (κ1) is 19.0. The number of nitrogens with one attached hydrogen (secondary N) is 2. The number of nitrogens with zero attached hydrogens (tertiary/aromatic N) is 1. The number of rotatable bonds is 3. The van der Waals surface area contributed by atoms with Crippen LogP contribution in [0.2, 0.25) is 5.02 Å². The molecule has 3 amide bonds. The van der Waals surface area contributed by atoms with Crippen molar-refractivity contribution in [2.45, 2.75) is 31.5 Å². The predicted octanol–water partition coefficient (Wildman–Crippen LogP) is 1.92. The number of benzene rings is 1. The van der Waals surface area contributed by atoms with Crippen LogP contribution in [0.5, 0.6) is 0 Å². The lowest BCUT2D eigenvalue weighted by molar-refractivity contribution is -0.917. The Morgan fingerprint density at radius 1 is 1.31 bits per heavy atom. The third-order valence-electron chi connectivity index (χ3n) is 5.16. The molecule has 2 aliphatic heterocycles. The summed E-state index contributed by atoms with van der Waals surface area (Å²) in [7, 11) is 0. The molecule has 0 bridgehead atoms. The maximum atomic E-state index is 13.0. The van der Waals surface area contributed by atoms with Crippen molar-refractivity contribution in [2.24, 2.45) is 5.92 Å². The Morgan fingerprint density at radius 2 is 1.96 bits per heavy atom. The number of urea groups is 1. The van der Waals surface area contributed by atoms with Gasteiger partial charge in [-0.15, -0.1) is 0 Å². The Kier molecular flexibility index (Phi) is 4.92. The van der Waals surface area contributed by atoms with Gasteiger partial charge in [0.2, 0.25) is 0 Å². The molecule has 2 aliphatic rings. The molecule has 142 valence electrons. The van der Waals surface area contributed by atoms with E-state index >= 15 is 0 Å². The van der Waals surface area contributed by atoms with E-state index in [1.54, 1.807) is 31.2 Å². The zero-order chi connectivity index (χ0) is 19.1. The number of piperidine rings is 1. The number of carbonyl (C=O) groups is 2. The molecular formula is C17H20ClF3N3O2+. The second-order valence-corrected chi connectivity index (χ2v) is 7.47. The molecule has 0 radical (unpaired) electrons. The summed E-state index contributed by atoms with van der Waals surface area (Å²) in [6.07, 6.45) is -3.74. The van der Waals surface area contributed by atoms with Gasteiger partial charge in [0.25, 0.3) is 5.91 Å². The van der Waals surface area contributed by atoms with Gasteiger partial charge in [0.15, 0.2) is 6.67 Å². The highest BCUT2D eigenvalue weighted by Gasteiger charge is 2.51. The number of hydrogen-bond acceptors (Lipinski definition) is 2. The summed E-state index contributed by atoms with van der Waals surface area (Å²) >= 11 is 5.86. The third-order valence-corrected chi connectivity index (χ3v) is 5.41. The molecule has 2 saturated heterocycles. The number of carbonyl (C=O) groups excluding carboxylic acids is 2. The molecular weight excluding hydrogens is 371 g/mol. The lowest BCUT2D eigenvalue weighted by Crippen LogP contribution is -3.15. The van der Waals surface area contributed by atoms with Crippen LogP contribution in [-0.4, -0.2) is 42.8 Å². The maximum Gasteiger partial charge on any atom is 0.397 e. The van der Waals surface area contributed by atoms with Crippen molar-refractivity contribution >= 4 is 23.5 Å². The number of halogens is 4. The van der Waals surface area contributed by atoms with Gasteiger partial charge in [0.05, 0.1) is 13.1 Å². The number of hydrogen-bond donors (Lipinski definition) is 2. The van der Waals surface area contributed by atoms with Crippen LogP contribution >= 0.6 is 11.6 Å². The largest absolute Gasteiger partial charge is 0.397 e. The van der Waals surface area contributed by atoms with Gasteiger partial charge in [-0.1, -0.05) is 23.7 Å². The Balaban J connectivity index is 1.74. The lowest BCUT2D eigenvalue weighted by atomic mass is 9.92. The number of imide groups is 1. The highest BCUT2D eigenvalue weighted by molar-refractivity contribution is 6.30. The summed E-state index contributed by atoms with van der Waals surface area (Å²) in [6, 6.07) is 5.95. The van der Waals surface area contributed by atoms with Crippen molar-refractivity contribution in [2.75, 3.05) is 19.8 Å². The highest BCUT2D eigenvalue weighted by Crippen LogP contribution is 2.31. The van der Waals surface area contributed by atoms with Crippen LogP contribution in [0.4, 0.5) is 18.0 Å². The van der Waals surface area contributed by atoms with Crippen molar-refractivity contribution in [1.29, 1.82) is 0 Å². The minimum atomic E-state index is -4.25. The molecule has 1 unspecified atom stereocenters. The van der Waals surface area contributed by atoms with Crippen LogP contribution in [0.3, 0.4) is 0 Å². The van der Waals surface area contributed by atoms with Crippen molar-refractivity contribution in [1.82, 2.24) is 10.2 Å². The third kappa shape index (κ3) is 3.53. The first-order valence-corrected chi connectivity index (χ1v) is 8.79. The van der Waals surface area contributed by atoms with Gasteiger partial charge in [-0.05, 0) is 37.5 Å². The minimum Gasteiger partial charge on any atom is -0.319 e. The molecule has 9 heteroatoms. The topological polar surface area (TPSA) is 53.9 Å². The summed E-state index contributed by atoms with van der Waals surface area (Å²) in [5.74, 6) is -1.86. The standard InChI is InChI=1S/C17H19ClF3N3O2/c1-16(11-4-6-13(18)7-5-11)14(25)24(15(26)22-16)10-23-8-2-3-12(9-23)17(19,20)21/h4-7,12H,2-3,8-10H2,1H3,(H,22,26)/p+1/t12-,16+/m0/s1. The van der Waals surface area contributed by atoms with Gasteiger partial charge in [-0.25, -0.2) is 9.69 Å². The van der Waals surface area contributed by atoms with Crippen molar-refractivity contribution in [3.63, 3.8) is 0 Å². The molecule has 26 heavy (non-hydrogen) atoms. The summed E-state index contributed by atoms with van der Waals surface area (Å²) in [5, 5.41) is 3.16. The zero-order valence-corrected chi connectivity index (χ0v) is 15.0. The molecule has 2 heterocycles. The van der Waals surface area contributed by atoms with Crippen LogP contribution in [0.25, 0.3) is 0 Å². The summed E-state index contributed by atoms with van der Waals surface area (Å²) < 4.78 is 38.9. The fourth-order valence-corrected chi connectivity index (χ4v) is 3.74. The Hall–Kier alpha value is -1.80. The molecule has 3 rings (SSSR count). The van der Waals surface area contributed by atoms with E-state index in [0.29, 0.717) is 28.5 Å². The average Bonchev–Trinajstić information content (AvgIpc) is 2.79. The van der Waals surface area contributed by atoms with Crippen molar-refractivity contribution in [3.05, 3.63) is 34.9 Å². The Labute approximate surface area is 154 Å². The Bertz CT molecular complexity index is 710. The van der Waals surface area contributed by atoms with Gasteiger partial charge in [-0.2, -0.15) is 13.2 Å². The van der Waals surface area contributed by atoms with E-state index in [1.165, 1.54) is 0 Å². The number of alkyl halides is 3. The molecule has 3 atom stereocenters. The smallest absolute Gasteiger partial charge is 0.319 e. The van der Waals surface area contributed by atoms with Crippen molar-refractivity contribution in [3.8, 4) is 0 Å². The van der Waals surface area contributed by atoms with Gasteiger partial charge in [-0.3, -0.25) is 4.79 Å². The molecule has 2 fully saturated rings. The number of quaternary nitrogens is 1. The van der Waals surface area contributed by atoms with Crippen LogP contribution in [-0.2, 0) is 10.3 Å². The second-order valence-electron chi connectivity index (χ2n) is 7.04. The van der Waals surface area contributed by atoms with Crippen LogP contribution < -0.4 is 10.2 Å². The van der Waals surface area contributed by atoms with Gasteiger partial charge < -0.3 is 10.2 Å². The Morgan fingerprint density at radius 3 is 2.58 bits per heavy atom. The first-order valence-electron chi connectivity index (χ1n) is 8.41. The predicted molar refractivity (Wildman–Crippen MR) is 88.5 cm³/mol. The van der Waals surface area contributed by atoms with E-state index in [-0.39, 0.29) is 19.6 Å².